The number of benzene rings is 1. The molecule has 7 nitrogen and oxygen atoms in total. The first-order chi connectivity index (χ1) is 12.4. The summed E-state index contributed by atoms with van der Waals surface area (Å²) in [6.07, 6.45) is 4.01. The molecule has 0 saturated carbocycles. The van der Waals surface area contributed by atoms with Crippen molar-refractivity contribution in [2.24, 2.45) is 13.0 Å². The molecule has 1 aliphatic rings. The van der Waals surface area contributed by atoms with Crippen molar-refractivity contribution in [3.63, 3.8) is 0 Å². The molecule has 1 fully saturated rings. The van der Waals surface area contributed by atoms with E-state index in [-0.39, 0.29) is 16.9 Å². The van der Waals surface area contributed by atoms with E-state index in [9.17, 15) is 13.2 Å². The quantitative estimate of drug-likeness (QED) is 0.856. The third-order valence-electron chi connectivity index (χ3n) is 4.70. The molecular weight excluding hydrogens is 352 g/mol. The summed E-state index contributed by atoms with van der Waals surface area (Å²) < 4.78 is 28.2. The third kappa shape index (κ3) is 4.13. The predicted molar refractivity (Wildman–Crippen MR) is 97.7 cm³/mol. The minimum Gasteiger partial charge on any atom is -0.352 e. The van der Waals surface area contributed by atoms with Crippen LogP contribution in [-0.2, 0) is 28.4 Å². The van der Waals surface area contributed by atoms with Crippen LogP contribution in [0.1, 0.15) is 24.0 Å². The van der Waals surface area contributed by atoms with Gasteiger partial charge in [0.1, 0.15) is 0 Å². The number of carbonyl (C=O) groups excluding carboxylic acids is 1. The number of hydrogen-bond donors (Lipinski definition) is 1. The van der Waals surface area contributed by atoms with E-state index in [2.05, 4.69) is 10.3 Å². The van der Waals surface area contributed by atoms with Gasteiger partial charge in [0.15, 0.2) is 5.03 Å². The van der Waals surface area contributed by atoms with E-state index in [1.54, 1.807) is 11.6 Å². The molecule has 0 radical (unpaired) electrons. The number of imidazole rings is 1. The monoisotopic (exact) mass is 376 g/mol. The first kappa shape index (κ1) is 18.6. The second-order valence-corrected chi connectivity index (χ2v) is 8.64. The Kier molecular flexibility index (Phi) is 5.43. The molecule has 2 heterocycles. The summed E-state index contributed by atoms with van der Waals surface area (Å²) in [7, 11) is -1.85. The lowest BCUT2D eigenvalue weighted by atomic mass is 9.97. The second-order valence-electron chi connectivity index (χ2n) is 6.76. The van der Waals surface area contributed by atoms with E-state index in [0.717, 1.165) is 5.56 Å². The van der Waals surface area contributed by atoms with Gasteiger partial charge in [-0.15, -0.1) is 0 Å². The number of nitrogens with one attached hydrogen (secondary N) is 1. The van der Waals surface area contributed by atoms with Crippen molar-refractivity contribution in [2.45, 2.75) is 31.3 Å². The topological polar surface area (TPSA) is 84.3 Å². The Morgan fingerprint density at radius 2 is 1.88 bits per heavy atom. The fourth-order valence-corrected chi connectivity index (χ4v) is 4.49. The van der Waals surface area contributed by atoms with E-state index < -0.39 is 10.0 Å². The van der Waals surface area contributed by atoms with Gasteiger partial charge in [0, 0.05) is 38.8 Å². The molecule has 140 valence electrons. The minimum absolute atomic E-state index is 0.0135. The van der Waals surface area contributed by atoms with E-state index in [1.807, 2.05) is 31.2 Å². The SMILES string of the molecule is Cc1ccc(CNC(=O)C2CCN(S(=O)(=O)c3cn(C)cn3)CC2)cc1. The lowest BCUT2D eigenvalue weighted by Crippen LogP contribution is -2.42. The van der Waals surface area contributed by atoms with Gasteiger partial charge in [-0.05, 0) is 25.3 Å². The average Bonchev–Trinajstić information content (AvgIpc) is 3.08. The highest BCUT2D eigenvalue weighted by molar-refractivity contribution is 7.89. The van der Waals surface area contributed by atoms with Crippen LogP contribution in [0.25, 0.3) is 0 Å². The molecule has 8 heteroatoms. The van der Waals surface area contributed by atoms with Gasteiger partial charge in [0.05, 0.1) is 6.33 Å². The summed E-state index contributed by atoms with van der Waals surface area (Å²) in [5.74, 6) is -0.170. The fourth-order valence-electron chi connectivity index (χ4n) is 3.05. The fraction of sp³-hybridized carbons (Fsp3) is 0.444. The van der Waals surface area contributed by atoms with Gasteiger partial charge in [0.2, 0.25) is 5.91 Å². The van der Waals surface area contributed by atoms with Gasteiger partial charge < -0.3 is 9.88 Å². The number of sulfonamides is 1. The van der Waals surface area contributed by atoms with Crippen LogP contribution >= 0.6 is 0 Å². The largest absolute Gasteiger partial charge is 0.352 e. The molecule has 26 heavy (non-hydrogen) atoms. The maximum atomic E-state index is 12.6. The van der Waals surface area contributed by atoms with Crippen LogP contribution in [0, 0.1) is 12.8 Å². The number of aryl methyl sites for hydroxylation is 2. The van der Waals surface area contributed by atoms with Crippen LogP contribution in [0.4, 0.5) is 0 Å². The number of amides is 1. The van der Waals surface area contributed by atoms with Crippen LogP contribution < -0.4 is 5.32 Å². The number of hydrogen-bond acceptors (Lipinski definition) is 4. The van der Waals surface area contributed by atoms with Crippen molar-refractivity contribution in [1.82, 2.24) is 19.2 Å². The number of rotatable bonds is 5. The number of piperidine rings is 1. The Morgan fingerprint density at radius 3 is 2.46 bits per heavy atom. The van der Waals surface area contributed by atoms with E-state index >= 15 is 0 Å². The lowest BCUT2D eigenvalue weighted by molar-refractivity contribution is -0.126. The molecule has 0 atom stereocenters. The Balaban J connectivity index is 1.53. The molecular formula is C18H24N4O3S. The molecule has 1 amide bonds. The lowest BCUT2D eigenvalue weighted by Gasteiger charge is -2.29. The Bertz CT molecular complexity index is 866. The molecule has 0 spiro atoms. The highest BCUT2D eigenvalue weighted by Crippen LogP contribution is 2.23. The highest BCUT2D eigenvalue weighted by atomic mass is 32.2. The third-order valence-corrected chi connectivity index (χ3v) is 6.48. The zero-order valence-electron chi connectivity index (χ0n) is 15.1. The summed E-state index contributed by atoms with van der Waals surface area (Å²) in [6, 6.07) is 8.03. The smallest absolute Gasteiger partial charge is 0.262 e. The molecule has 2 aromatic rings. The summed E-state index contributed by atoms with van der Waals surface area (Å²) >= 11 is 0. The first-order valence-electron chi connectivity index (χ1n) is 8.67. The van der Waals surface area contributed by atoms with Crippen molar-refractivity contribution in [3.05, 3.63) is 47.9 Å². The Labute approximate surface area is 154 Å². The van der Waals surface area contributed by atoms with Crippen LogP contribution in [0.2, 0.25) is 0 Å². The average molecular weight is 376 g/mol. The van der Waals surface area contributed by atoms with Crippen molar-refractivity contribution >= 4 is 15.9 Å². The Morgan fingerprint density at radius 1 is 1.23 bits per heavy atom. The van der Waals surface area contributed by atoms with Crippen LogP contribution in [0.15, 0.2) is 41.8 Å². The van der Waals surface area contributed by atoms with Crippen LogP contribution in [0.5, 0.6) is 0 Å². The minimum atomic E-state index is -3.58. The molecule has 1 saturated heterocycles. The van der Waals surface area contributed by atoms with Gasteiger partial charge in [-0.25, -0.2) is 13.4 Å². The Hall–Kier alpha value is -2.19. The zero-order chi connectivity index (χ0) is 18.7. The summed E-state index contributed by atoms with van der Waals surface area (Å²) in [4.78, 5) is 16.3. The van der Waals surface area contributed by atoms with Gasteiger partial charge in [-0.2, -0.15) is 4.31 Å². The van der Waals surface area contributed by atoms with Crippen molar-refractivity contribution in [3.8, 4) is 0 Å². The predicted octanol–water partition coefficient (Wildman–Crippen LogP) is 1.45. The van der Waals surface area contributed by atoms with E-state index in [1.165, 1.54) is 22.4 Å². The first-order valence-corrected chi connectivity index (χ1v) is 10.1. The molecule has 0 bridgehead atoms. The molecule has 3 rings (SSSR count). The molecule has 1 N–H and O–H groups in total. The van der Waals surface area contributed by atoms with E-state index in [4.69, 9.17) is 0 Å². The maximum Gasteiger partial charge on any atom is 0.262 e. The van der Waals surface area contributed by atoms with E-state index in [0.29, 0.717) is 32.5 Å². The van der Waals surface area contributed by atoms with Crippen molar-refractivity contribution < 1.29 is 13.2 Å². The summed E-state index contributed by atoms with van der Waals surface area (Å²) in [5.41, 5.74) is 2.24. The van der Waals surface area contributed by atoms with Crippen LogP contribution in [-0.4, -0.2) is 41.3 Å². The standard InChI is InChI=1S/C18H24N4O3S/c1-14-3-5-15(6-4-14)11-19-18(23)16-7-9-22(10-8-16)26(24,25)17-12-21(2)13-20-17/h3-6,12-13,16H,7-11H2,1-2H3,(H,19,23). The summed E-state index contributed by atoms with van der Waals surface area (Å²) in [5, 5.41) is 3.01. The molecule has 1 aromatic carbocycles. The van der Waals surface area contributed by atoms with Gasteiger partial charge in [-0.1, -0.05) is 29.8 Å². The van der Waals surface area contributed by atoms with Crippen LogP contribution in [0.3, 0.4) is 0 Å². The number of carbonyl (C=O) groups is 1. The second kappa shape index (κ2) is 7.59. The van der Waals surface area contributed by atoms with Gasteiger partial charge in [0.25, 0.3) is 10.0 Å². The number of nitrogens with zero attached hydrogens (tertiary/aromatic N) is 3. The maximum absolute atomic E-state index is 12.6. The zero-order valence-corrected chi connectivity index (χ0v) is 15.9. The van der Waals surface area contributed by atoms with Gasteiger partial charge >= 0.3 is 0 Å². The highest BCUT2D eigenvalue weighted by Gasteiger charge is 2.33. The van der Waals surface area contributed by atoms with Gasteiger partial charge in [-0.3, -0.25) is 4.79 Å². The van der Waals surface area contributed by atoms with Crippen molar-refractivity contribution in [1.29, 1.82) is 0 Å². The normalized spacial score (nSPS) is 16.5. The van der Waals surface area contributed by atoms with Crippen molar-refractivity contribution in [2.75, 3.05) is 13.1 Å². The number of aromatic nitrogens is 2. The molecule has 0 unspecified atom stereocenters. The molecule has 0 aliphatic carbocycles. The molecule has 1 aromatic heterocycles. The molecule has 1 aliphatic heterocycles. The summed E-state index contributed by atoms with van der Waals surface area (Å²) in [6.45, 7) is 3.18.